The molecule has 1 N–H and O–H groups in total. The van der Waals surface area contributed by atoms with Gasteiger partial charge in [-0.1, -0.05) is 7.60 Å². The zero-order valence-corrected chi connectivity index (χ0v) is 27.2. The fourth-order valence-corrected chi connectivity index (χ4v) is 7.21. The van der Waals surface area contributed by atoms with Crippen molar-refractivity contribution in [1.82, 2.24) is 9.55 Å². The summed E-state index contributed by atoms with van der Waals surface area (Å²) in [6, 6.07) is 1.09. The molecule has 1 atom stereocenters. The first-order valence-electron chi connectivity index (χ1n) is 6.50. The Hall–Kier alpha value is 3.13. The summed E-state index contributed by atoms with van der Waals surface area (Å²) in [6.07, 6.45) is 0.380. The molecule has 0 radical (unpaired) electrons. The SMILES string of the molecule is O=c1ccn(CCOCCP(=O)(CP(=O)([O-])[O-])OP(=O)([O-])[O-])c(=O)[nH]1.[Na+].[Na+].[Na+].[Na+]. The molecule has 20 heteroatoms. The third-order valence-electron chi connectivity index (χ3n) is 2.59. The summed E-state index contributed by atoms with van der Waals surface area (Å²) < 4.78 is 43.0. The van der Waals surface area contributed by atoms with E-state index >= 15 is 0 Å². The maximum Gasteiger partial charge on any atom is 1.00 e. The fourth-order valence-electron chi connectivity index (χ4n) is 1.67. The summed E-state index contributed by atoms with van der Waals surface area (Å²) in [5.74, 6) is -1.64. The van der Waals surface area contributed by atoms with Gasteiger partial charge in [-0.25, -0.2) is 4.79 Å². The van der Waals surface area contributed by atoms with Crippen LogP contribution < -0.4 is 149 Å². The van der Waals surface area contributed by atoms with Crippen molar-refractivity contribution < 1.29 is 161 Å². The minimum Gasteiger partial charge on any atom is -0.810 e. The van der Waals surface area contributed by atoms with Crippen LogP contribution in [0.1, 0.15) is 0 Å². The predicted octanol–water partition coefficient (Wildman–Crippen LogP) is -15.4. The third kappa shape index (κ3) is 19.2. The predicted molar refractivity (Wildman–Crippen MR) is 75.8 cm³/mol. The van der Waals surface area contributed by atoms with Crippen LogP contribution in [-0.4, -0.2) is 34.8 Å². The van der Waals surface area contributed by atoms with E-state index in [-0.39, 0.29) is 131 Å². The van der Waals surface area contributed by atoms with Crippen LogP contribution in [-0.2, 0) is 29.3 Å². The molecular weight excluding hydrogens is 497 g/mol. The van der Waals surface area contributed by atoms with Gasteiger partial charge in [-0.3, -0.25) is 23.2 Å². The van der Waals surface area contributed by atoms with Crippen molar-refractivity contribution in [3.63, 3.8) is 0 Å². The van der Waals surface area contributed by atoms with Gasteiger partial charge in [0.15, 0.2) is 0 Å². The van der Waals surface area contributed by atoms with Gasteiger partial charge in [0.25, 0.3) is 5.56 Å². The molecule has 0 fully saturated rings. The molecule has 0 saturated carbocycles. The quantitative estimate of drug-likeness (QED) is 0.177. The number of rotatable bonds is 10. The minimum absolute atomic E-state index is 0. The van der Waals surface area contributed by atoms with Crippen molar-refractivity contribution in [3.8, 4) is 0 Å². The number of nitrogens with one attached hydrogen (secondary N) is 1. The summed E-state index contributed by atoms with van der Waals surface area (Å²) in [4.78, 5) is 66.7. The number of H-pyrrole nitrogens is 1. The van der Waals surface area contributed by atoms with Crippen molar-refractivity contribution in [2.45, 2.75) is 6.54 Å². The van der Waals surface area contributed by atoms with Crippen LogP contribution in [0, 0.1) is 0 Å². The largest absolute Gasteiger partial charge is 1.00 e. The molecule has 0 aliphatic rings. The Morgan fingerprint density at radius 3 is 1.97 bits per heavy atom. The number of nitrogens with zero attached hydrogens (tertiary/aromatic N) is 1. The summed E-state index contributed by atoms with van der Waals surface area (Å²) in [5, 5.41) is 0. The Morgan fingerprint density at radius 1 is 0.966 bits per heavy atom. The molecule has 0 amide bonds. The summed E-state index contributed by atoms with van der Waals surface area (Å²) in [5.41, 5.74) is -1.30. The summed E-state index contributed by atoms with van der Waals surface area (Å²) >= 11 is 0. The Labute approximate surface area is 254 Å². The van der Waals surface area contributed by atoms with Crippen LogP contribution in [0.25, 0.3) is 0 Å². The Morgan fingerprint density at radius 2 is 1.52 bits per heavy atom. The Kier molecular flexibility index (Phi) is 23.8. The molecule has 1 rings (SSSR count). The van der Waals surface area contributed by atoms with Gasteiger partial charge < -0.3 is 33.4 Å². The second-order valence-corrected chi connectivity index (χ2v) is 10.7. The molecule has 144 valence electrons. The minimum atomic E-state index is -5.78. The van der Waals surface area contributed by atoms with Gasteiger partial charge in [-0.05, 0) is 0 Å². The molecule has 13 nitrogen and oxygen atoms in total. The van der Waals surface area contributed by atoms with Crippen LogP contribution in [0.3, 0.4) is 0 Å². The van der Waals surface area contributed by atoms with Crippen molar-refractivity contribution in [1.29, 1.82) is 0 Å². The van der Waals surface area contributed by atoms with Crippen LogP contribution >= 0.6 is 22.8 Å². The first kappa shape index (κ1) is 39.3. The van der Waals surface area contributed by atoms with E-state index in [0.717, 1.165) is 10.6 Å². The number of ether oxygens (including phenoxy) is 1. The van der Waals surface area contributed by atoms with E-state index in [2.05, 4.69) is 4.31 Å². The normalized spacial score (nSPS) is 13.0. The smallest absolute Gasteiger partial charge is 0.810 e. The average Bonchev–Trinajstić information content (AvgIpc) is 2.36. The van der Waals surface area contributed by atoms with Crippen LogP contribution in [0.2, 0.25) is 0 Å². The molecule has 1 aromatic rings. The van der Waals surface area contributed by atoms with Gasteiger partial charge in [-0.15, -0.1) is 0 Å². The first-order valence-corrected chi connectivity index (χ1v) is 11.7. The fraction of sp³-hybridized carbons (Fsp3) is 0.556. The number of hydrogen-bond acceptors (Lipinski definition) is 11. The van der Waals surface area contributed by atoms with E-state index in [1.54, 1.807) is 0 Å². The molecular formula is C9H13N2Na4O11P3. The zero-order valence-electron chi connectivity index (χ0n) is 16.5. The molecule has 0 aromatic carbocycles. The number of aromatic amines is 1. The van der Waals surface area contributed by atoms with Crippen molar-refractivity contribution >= 4 is 22.8 Å². The van der Waals surface area contributed by atoms with Gasteiger partial charge in [0.2, 0.25) is 7.37 Å². The van der Waals surface area contributed by atoms with Gasteiger partial charge >= 0.3 is 124 Å². The number of hydrogen-bond donors (Lipinski definition) is 1. The van der Waals surface area contributed by atoms with Crippen molar-refractivity contribution in [2.75, 3.05) is 25.3 Å². The standard InChI is InChI=1S/C9H17N2O11P3.4Na/c12-8-1-2-11(9(13)10-8)3-4-21-5-6-23(14,7-24(15,16)17)22-25(18,19)20;;;;/h1-2H,3-7H2,(H,10,12,13)(H2,15,16,17)(H2,18,19,20);;;;/q;4*+1/p-4. The molecule has 0 saturated heterocycles. The van der Waals surface area contributed by atoms with Gasteiger partial charge in [-0.2, -0.15) is 0 Å². The van der Waals surface area contributed by atoms with E-state index in [4.69, 9.17) is 4.74 Å². The van der Waals surface area contributed by atoms with Crippen LogP contribution in [0.15, 0.2) is 21.9 Å². The second-order valence-electron chi connectivity index (χ2n) is 4.74. The first-order chi connectivity index (χ1) is 11.3. The van der Waals surface area contributed by atoms with E-state index < -0.39 is 52.7 Å². The molecule has 1 aromatic heterocycles. The summed E-state index contributed by atoms with van der Waals surface area (Å²) in [6.45, 7) is -0.704. The van der Waals surface area contributed by atoms with Crippen molar-refractivity contribution in [2.24, 2.45) is 0 Å². The molecule has 1 unspecified atom stereocenters. The average molecular weight is 510 g/mol. The summed E-state index contributed by atoms with van der Waals surface area (Å²) in [7, 11) is -15.8. The van der Waals surface area contributed by atoms with Gasteiger partial charge in [0.05, 0.1) is 33.5 Å². The van der Waals surface area contributed by atoms with E-state index in [1.807, 2.05) is 4.98 Å². The zero-order chi connectivity index (χ0) is 19.3. The Balaban J connectivity index is -0.000000781. The molecule has 1 heterocycles. The molecule has 0 aliphatic carbocycles. The number of aromatic nitrogens is 2. The van der Waals surface area contributed by atoms with Crippen LogP contribution in [0.4, 0.5) is 0 Å². The molecule has 29 heavy (non-hydrogen) atoms. The maximum atomic E-state index is 12.0. The third-order valence-corrected chi connectivity index (χ3v) is 8.55. The van der Waals surface area contributed by atoms with E-state index in [9.17, 15) is 42.9 Å². The van der Waals surface area contributed by atoms with Gasteiger partial charge in [0, 0.05) is 18.4 Å². The van der Waals surface area contributed by atoms with Crippen molar-refractivity contribution in [3.05, 3.63) is 33.1 Å². The Bertz CT molecular complexity index is 822. The van der Waals surface area contributed by atoms with Gasteiger partial charge in [0.1, 0.15) is 0 Å². The monoisotopic (exact) mass is 510 g/mol. The maximum absolute atomic E-state index is 12.0. The van der Waals surface area contributed by atoms with E-state index in [1.165, 1.54) is 6.20 Å². The van der Waals surface area contributed by atoms with Crippen LogP contribution in [0.5, 0.6) is 0 Å². The van der Waals surface area contributed by atoms with E-state index in [0.29, 0.717) is 0 Å². The topological polar surface area (TPSA) is 217 Å². The molecule has 0 aliphatic heterocycles. The second kappa shape index (κ2) is 17.5. The molecule has 0 spiro atoms. The number of phosphoric acid groups is 1. The molecule has 0 bridgehead atoms.